The van der Waals surface area contributed by atoms with Crippen molar-refractivity contribution in [2.75, 3.05) is 11.9 Å². The van der Waals surface area contributed by atoms with E-state index in [9.17, 15) is 4.79 Å². The summed E-state index contributed by atoms with van der Waals surface area (Å²) in [7, 11) is 0. The third kappa shape index (κ3) is 4.83. The van der Waals surface area contributed by atoms with E-state index >= 15 is 0 Å². The number of anilines is 1. The normalized spacial score (nSPS) is 19.3. The summed E-state index contributed by atoms with van der Waals surface area (Å²) in [6, 6.07) is 16.4. The van der Waals surface area contributed by atoms with Crippen LogP contribution < -0.4 is 5.32 Å². The van der Waals surface area contributed by atoms with Crippen LogP contribution in [-0.2, 0) is 0 Å². The number of hydrogen-bond donors (Lipinski definition) is 1. The topological polar surface area (TPSA) is 68.5 Å². The molecule has 0 radical (unpaired) electrons. The molecule has 1 atom stereocenters. The first-order chi connectivity index (χ1) is 14.6. The van der Waals surface area contributed by atoms with E-state index in [1.54, 1.807) is 24.3 Å². The molecule has 154 valence electrons. The Hall–Kier alpha value is -2.84. The highest BCUT2D eigenvalue weighted by Gasteiger charge is 2.33. The van der Waals surface area contributed by atoms with Crippen LogP contribution in [0.1, 0.15) is 49.7 Å². The van der Waals surface area contributed by atoms with E-state index in [-0.39, 0.29) is 11.9 Å². The molecule has 0 saturated heterocycles. The van der Waals surface area contributed by atoms with Gasteiger partial charge in [-0.25, -0.2) is 9.80 Å². The molecule has 2 amide bonds. The molecular weight excluding hydrogens is 396 g/mol. The number of nitrogens with zero attached hydrogens (tertiary/aromatic N) is 3. The summed E-state index contributed by atoms with van der Waals surface area (Å²) in [5.74, 6) is 0.920. The quantitative estimate of drug-likeness (QED) is 0.654. The van der Waals surface area contributed by atoms with Gasteiger partial charge in [-0.1, -0.05) is 55.8 Å². The number of halogens is 1. The summed E-state index contributed by atoms with van der Waals surface area (Å²) in [5, 5.41) is 18.8. The first kappa shape index (κ1) is 20.4. The van der Waals surface area contributed by atoms with E-state index in [1.165, 1.54) is 37.1 Å². The Morgan fingerprint density at radius 3 is 2.47 bits per heavy atom. The van der Waals surface area contributed by atoms with Gasteiger partial charge in [0.1, 0.15) is 0 Å². The Morgan fingerprint density at radius 2 is 1.80 bits per heavy atom. The molecule has 2 aromatic rings. The van der Waals surface area contributed by atoms with Crippen molar-refractivity contribution in [2.45, 2.75) is 38.5 Å². The van der Waals surface area contributed by atoms with Gasteiger partial charge in [0.2, 0.25) is 0 Å². The van der Waals surface area contributed by atoms with Gasteiger partial charge in [-0.15, -0.1) is 0 Å². The van der Waals surface area contributed by atoms with Crippen molar-refractivity contribution in [1.82, 2.24) is 5.01 Å². The van der Waals surface area contributed by atoms with Crippen LogP contribution >= 0.6 is 11.6 Å². The molecule has 1 aliphatic carbocycles. The standard InChI is InChI=1S/C24H25ClN4O/c25-21-10-8-19(9-11-21)23-20(14-17-4-2-1-3-5-17)16-29(28-23)24(30)27-22-12-6-18(15-26)7-13-22/h6-13,17,20H,1-5,14,16H2,(H,27,30). The van der Waals surface area contributed by atoms with Crippen molar-refractivity contribution >= 4 is 29.0 Å². The Labute approximate surface area is 182 Å². The van der Waals surface area contributed by atoms with Crippen LogP contribution in [0.25, 0.3) is 0 Å². The van der Waals surface area contributed by atoms with E-state index in [4.69, 9.17) is 22.0 Å². The lowest BCUT2D eigenvalue weighted by Crippen LogP contribution is -2.31. The van der Waals surface area contributed by atoms with Gasteiger partial charge in [-0.05, 0) is 54.3 Å². The summed E-state index contributed by atoms with van der Waals surface area (Å²) < 4.78 is 0. The molecule has 30 heavy (non-hydrogen) atoms. The van der Waals surface area contributed by atoms with E-state index in [0.717, 1.165) is 17.7 Å². The van der Waals surface area contributed by atoms with Crippen LogP contribution in [0.5, 0.6) is 0 Å². The maximum atomic E-state index is 12.9. The molecule has 1 saturated carbocycles. The molecular formula is C24H25ClN4O. The van der Waals surface area contributed by atoms with Crippen LogP contribution in [0.4, 0.5) is 10.5 Å². The molecule has 6 heteroatoms. The van der Waals surface area contributed by atoms with Crippen LogP contribution in [0.15, 0.2) is 53.6 Å². The average molecular weight is 421 g/mol. The predicted molar refractivity (Wildman–Crippen MR) is 120 cm³/mol. The smallest absolute Gasteiger partial charge is 0.306 e. The van der Waals surface area contributed by atoms with Gasteiger partial charge >= 0.3 is 6.03 Å². The molecule has 2 aromatic carbocycles. The molecule has 1 heterocycles. The second-order valence-electron chi connectivity index (χ2n) is 8.13. The van der Waals surface area contributed by atoms with Crippen LogP contribution in [0.2, 0.25) is 5.02 Å². The zero-order chi connectivity index (χ0) is 20.9. The highest BCUT2D eigenvalue weighted by Crippen LogP contribution is 2.33. The van der Waals surface area contributed by atoms with Crippen molar-refractivity contribution in [3.8, 4) is 6.07 Å². The summed E-state index contributed by atoms with van der Waals surface area (Å²) in [5.41, 5.74) is 3.20. The first-order valence-electron chi connectivity index (χ1n) is 10.6. The number of amides is 2. The monoisotopic (exact) mass is 420 g/mol. The van der Waals surface area contributed by atoms with E-state index in [1.807, 2.05) is 24.3 Å². The maximum Gasteiger partial charge on any atom is 0.342 e. The number of benzene rings is 2. The highest BCUT2D eigenvalue weighted by molar-refractivity contribution is 6.30. The second kappa shape index (κ2) is 9.32. The van der Waals surface area contributed by atoms with Gasteiger partial charge in [0, 0.05) is 16.6 Å². The average Bonchev–Trinajstić information content (AvgIpc) is 3.19. The molecule has 0 bridgehead atoms. The Morgan fingerprint density at radius 1 is 1.10 bits per heavy atom. The highest BCUT2D eigenvalue weighted by atomic mass is 35.5. The Balaban J connectivity index is 1.51. The van der Waals surface area contributed by atoms with E-state index in [2.05, 4.69) is 11.4 Å². The third-order valence-electron chi connectivity index (χ3n) is 5.99. The van der Waals surface area contributed by atoms with Crippen molar-refractivity contribution in [3.63, 3.8) is 0 Å². The van der Waals surface area contributed by atoms with Gasteiger partial charge in [-0.2, -0.15) is 10.4 Å². The zero-order valence-corrected chi connectivity index (χ0v) is 17.6. The second-order valence-corrected chi connectivity index (χ2v) is 8.57. The van der Waals surface area contributed by atoms with Crippen molar-refractivity contribution in [2.24, 2.45) is 16.9 Å². The van der Waals surface area contributed by atoms with E-state index < -0.39 is 0 Å². The molecule has 1 unspecified atom stereocenters. The van der Waals surface area contributed by atoms with Crippen molar-refractivity contribution in [1.29, 1.82) is 5.26 Å². The van der Waals surface area contributed by atoms with Crippen molar-refractivity contribution < 1.29 is 4.79 Å². The number of urea groups is 1. The lowest BCUT2D eigenvalue weighted by molar-refractivity contribution is 0.212. The van der Waals surface area contributed by atoms with Gasteiger partial charge < -0.3 is 5.32 Å². The van der Waals surface area contributed by atoms with Gasteiger partial charge in [0.05, 0.1) is 23.9 Å². The minimum atomic E-state index is -0.252. The number of nitriles is 1. The molecule has 5 nitrogen and oxygen atoms in total. The van der Waals surface area contributed by atoms with Gasteiger partial charge in [0.15, 0.2) is 0 Å². The van der Waals surface area contributed by atoms with Crippen molar-refractivity contribution in [3.05, 3.63) is 64.7 Å². The Kier molecular flexibility index (Phi) is 6.35. The lowest BCUT2D eigenvalue weighted by atomic mass is 9.80. The van der Waals surface area contributed by atoms with Gasteiger partial charge in [-0.3, -0.25) is 0 Å². The van der Waals surface area contributed by atoms with E-state index in [0.29, 0.717) is 28.7 Å². The Bertz CT molecular complexity index is 956. The summed E-state index contributed by atoms with van der Waals surface area (Å²) >= 11 is 6.07. The molecule has 0 spiro atoms. The largest absolute Gasteiger partial charge is 0.342 e. The molecule has 4 rings (SSSR count). The third-order valence-corrected chi connectivity index (χ3v) is 6.24. The SMILES string of the molecule is N#Cc1ccc(NC(=O)N2CC(CC3CCCCC3)C(c3ccc(Cl)cc3)=N2)cc1. The fraction of sp³-hybridized carbons (Fsp3) is 0.375. The number of hydrazone groups is 1. The minimum Gasteiger partial charge on any atom is -0.306 e. The molecule has 1 N–H and O–H groups in total. The fourth-order valence-electron chi connectivity index (χ4n) is 4.42. The van der Waals surface area contributed by atoms with Crippen LogP contribution in [-0.4, -0.2) is 23.3 Å². The number of carbonyl (C=O) groups excluding carboxylic acids is 1. The summed E-state index contributed by atoms with van der Waals surface area (Å²) in [6.07, 6.45) is 7.52. The van der Waals surface area contributed by atoms with Gasteiger partial charge in [0.25, 0.3) is 0 Å². The summed E-state index contributed by atoms with van der Waals surface area (Å²) in [4.78, 5) is 12.9. The molecule has 0 aromatic heterocycles. The zero-order valence-electron chi connectivity index (χ0n) is 16.9. The predicted octanol–water partition coefficient (Wildman–Crippen LogP) is 6.05. The van der Waals surface area contributed by atoms with Crippen LogP contribution in [0.3, 0.4) is 0 Å². The lowest BCUT2D eigenvalue weighted by Gasteiger charge is -2.25. The maximum absolute atomic E-state index is 12.9. The minimum absolute atomic E-state index is 0.223. The molecule has 1 fully saturated rings. The number of rotatable bonds is 4. The molecule has 2 aliphatic rings. The molecule has 1 aliphatic heterocycles. The first-order valence-corrected chi connectivity index (χ1v) is 10.9. The van der Waals surface area contributed by atoms with Crippen LogP contribution in [0, 0.1) is 23.2 Å². The number of carbonyl (C=O) groups is 1. The summed E-state index contributed by atoms with van der Waals surface area (Å²) in [6.45, 7) is 0.580. The number of nitrogens with one attached hydrogen (secondary N) is 1. The number of hydrogen-bond acceptors (Lipinski definition) is 3. The fourth-order valence-corrected chi connectivity index (χ4v) is 4.54.